The highest BCUT2D eigenvalue weighted by Gasteiger charge is 2.10. The first-order valence-electron chi connectivity index (χ1n) is 7.23. The lowest BCUT2D eigenvalue weighted by atomic mass is 10.1. The third-order valence-corrected chi connectivity index (χ3v) is 3.43. The van der Waals surface area contributed by atoms with Crippen LogP contribution in [-0.2, 0) is 6.54 Å². The molecule has 0 saturated carbocycles. The average Bonchev–Trinajstić information content (AvgIpc) is 3.00. The Morgan fingerprint density at radius 2 is 2.17 bits per heavy atom. The van der Waals surface area contributed by atoms with Crippen molar-refractivity contribution in [2.75, 3.05) is 5.32 Å². The number of nitrogens with one attached hydrogen (secondary N) is 1. The standard InChI is InChI=1S/C17H17N5O/c1-12-9-21-22(11-12)16-6-5-13(17(18)23)8-15(16)20-10-14-4-2-3-7-19-14/h2-9,11,20H,10H2,1H3,(H2,18,23). The van der Waals surface area contributed by atoms with Gasteiger partial charge in [0.2, 0.25) is 5.91 Å². The second kappa shape index (κ2) is 6.31. The van der Waals surface area contributed by atoms with Crippen LogP contribution in [0.2, 0.25) is 0 Å². The SMILES string of the molecule is Cc1cnn(-c2ccc(C(N)=O)cc2NCc2ccccn2)c1. The molecule has 0 spiro atoms. The predicted molar refractivity (Wildman–Crippen MR) is 88.4 cm³/mol. The molecule has 0 fully saturated rings. The molecule has 6 nitrogen and oxygen atoms in total. The van der Waals surface area contributed by atoms with E-state index in [0.29, 0.717) is 12.1 Å². The van der Waals surface area contributed by atoms with Crippen LogP contribution in [0.15, 0.2) is 55.0 Å². The van der Waals surface area contributed by atoms with Gasteiger partial charge in [-0.1, -0.05) is 6.07 Å². The third kappa shape index (κ3) is 3.37. The van der Waals surface area contributed by atoms with Crippen molar-refractivity contribution >= 4 is 11.6 Å². The van der Waals surface area contributed by atoms with Gasteiger partial charge in [0.1, 0.15) is 0 Å². The first-order valence-corrected chi connectivity index (χ1v) is 7.23. The number of hydrogen-bond donors (Lipinski definition) is 2. The van der Waals surface area contributed by atoms with Gasteiger partial charge in [-0.2, -0.15) is 5.10 Å². The minimum atomic E-state index is -0.464. The van der Waals surface area contributed by atoms with Crippen LogP contribution in [0.1, 0.15) is 21.6 Å². The van der Waals surface area contributed by atoms with Gasteiger partial charge in [0, 0.05) is 18.0 Å². The van der Waals surface area contributed by atoms with Gasteiger partial charge in [0.15, 0.2) is 0 Å². The van der Waals surface area contributed by atoms with E-state index in [9.17, 15) is 4.79 Å². The fourth-order valence-electron chi connectivity index (χ4n) is 2.26. The summed E-state index contributed by atoms with van der Waals surface area (Å²) in [7, 11) is 0. The summed E-state index contributed by atoms with van der Waals surface area (Å²) in [5, 5.41) is 7.62. The van der Waals surface area contributed by atoms with Crippen LogP contribution in [0.4, 0.5) is 5.69 Å². The number of amides is 1. The van der Waals surface area contributed by atoms with Crippen molar-refractivity contribution in [2.45, 2.75) is 13.5 Å². The number of rotatable bonds is 5. The van der Waals surface area contributed by atoms with E-state index in [1.54, 1.807) is 29.2 Å². The second-order valence-electron chi connectivity index (χ2n) is 5.23. The number of anilines is 1. The number of benzene rings is 1. The molecular formula is C17H17N5O. The first-order chi connectivity index (χ1) is 11.1. The Morgan fingerprint density at radius 1 is 1.30 bits per heavy atom. The number of nitrogens with two attached hydrogens (primary N) is 1. The summed E-state index contributed by atoms with van der Waals surface area (Å²) in [6.07, 6.45) is 5.45. The largest absolute Gasteiger partial charge is 0.378 e. The lowest BCUT2D eigenvalue weighted by Gasteiger charge is -2.13. The monoisotopic (exact) mass is 307 g/mol. The molecule has 116 valence electrons. The van der Waals surface area contributed by atoms with E-state index in [0.717, 1.165) is 22.6 Å². The zero-order valence-electron chi connectivity index (χ0n) is 12.7. The highest BCUT2D eigenvalue weighted by molar-refractivity contribution is 5.94. The second-order valence-corrected chi connectivity index (χ2v) is 5.23. The van der Waals surface area contributed by atoms with Crippen molar-refractivity contribution in [2.24, 2.45) is 5.73 Å². The Hall–Kier alpha value is -3.15. The Kier molecular flexibility index (Phi) is 4.05. The van der Waals surface area contributed by atoms with Gasteiger partial charge in [0.25, 0.3) is 0 Å². The van der Waals surface area contributed by atoms with Crippen LogP contribution >= 0.6 is 0 Å². The Labute approximate surface area is 134 Å². The molecule has 0 aliphatic carbocycles. The number of aromatic nitrogens is 3. The summed E-state index contributed by atoms with van der Waals surface area (Å²) in [5.74, 6) is -0.464. The van der Waals surface area contributed by atoms with Crippen molar-refractivity contribution in [1.29, 1.82) is 0 Å². The molecule has 3 aromatic rings. The molecule has 0 saturated heterocycles. The molecule has 3 rings (SSSR count). The van der Waals surface area contributed by atoms with Crippen LogP contribution in [0.25, 0.3) is 5.69 Å². The summed E-state index contributed by atoms with van der Waals surface area (Å²) in [6.45, 7) is 2.51. The Bertz CT molecular complexity index is 826. The molecule has 2 heterocycles. The number of pyridine rings is 1. The van der Waals surface area contributed by atoms with Crippen molar-refractivity contribution in [1.82, 2.24) is 14.8 Å². The van der Waals surface area contributed by atoms with Crippen molar-refractivity contribution in [3.05, 3.63) is 71.8 Å². The van der Waals surface area contributed by atoms with E-state index < -0.39 is 5.91 Å². The molecule has 1 amide bonds. The molecule has 0 aliphatic rings. The van der Waals surface area contributed by atoms with Crippen molar-refractivity contribution in [3.63, 3.8) is 0 Å². The first kappa shape index (κ1) is 14.8. The van der Waals surface area contributed by atoms with E-state index in [4.69, 9.17) is 5.73 Å². The fourth-order valence-corrected chi connectivity index (χ4v) is 2.26. The molecule has 0 bridgehead atoms. The molecule has 0 atom stereocenters. The van der Waals surface area contributed by atoms with Gasteiger partial charge in [-0.3, -0.25) is 9.78 Å². The predicted octanol–water partition coefficient (Wildman–Crippen LogP) is 2.29. The lowest BCUT2D eigenvalue weighted by molar-refractivity contribution is 0.100. The zero-order valence-corrected chi connectivity index (χ0v) is 12.7. The van der Waals surface area contributed by atoms with E-state index in [-0.39, 0.29) is 0 Å². The number of primary amides is 1. The summed E-state index contributed by atoms with van der Waals surface area (Å²) in [6, 6.07) is 11.0. The van der Waals surface area contributed by atoms with Crippen LogP contribution in [0.5, 0.6) is 0 Å². The number of carbonyl (C=O) groups excluding carboxylic acids is 1. The van der Waals surface area contributed by atoms with E-state index >= 15 is 0 Å². The Morgan fingerprint density at radius 3 is 2.83 bits per heavy atom. The van der Waals surface area contributed by atoms with Gasteiger partial charge >= 0.3 is 0 Å². The highest BCUT2D eigenvalue weighted by atomic mass is 16.1. The fraction of sp³-hybridized carbons (Fsp3) is 0.118. The van der Waals surface area contributed by atoms with Gasteiger partial charge in [-0.25, -0.2) is 4.68 Å². The number of aryl methyl sites for hydroxylation is 1. The summed E-state index contributed by atoms with van der Waals surface area (Å²) >= 11 is 0. The highest BCUT2D eigenvalue weighted by Crippen LogP contribution is 2.22. The number of hydrogen-bond acceptors (Lipinski definition) is 4. The molecule has 3 N–H and O–H groups in total. The molecule has 0 aliphatic heterocycles. The smallest absolute Gasteiger partial charge is 0.248 e. The molecule has 6 heteroatoms. The van der Waals surface area contributed by atoms with Crippen LogP contribution < -0.4 is 11.1 Å². The summed E-state index contributed by atoms with van der Waals surface area (Å²) in [5.41, 5.74) is 9.40. The minimum Gasteiger partial charge on any atom is -0.378 e. The average molecular weight is 307 g/mol. The molecule has 2 aromatic heterocycles. The Balaban J connectivity index is 1.94. The zero-order chi connectivity index (χ0) is 16.2. The van der Waals surface area contributed by atoms with Crippen LogP contribution in [-0.4, -0.2) is 20.7 Å². The topological polar surface area (TPSA) is 85.8 Å². The summed E-state index contributed by atoms with van der Waals surface area (Å²) < 4.78 is 1.76. The van der Waals surface area contributed by atoms with Gasteiger partial charge in [-0.05, 0) is 42.8 Å². The molecule has 1 aromatic carbocycles. The lowest BCUT2D eigenvalue weighted by Crippen LogP contribution is -2.13. The molecule has 0 unspecified atom stereocenters. The third-order valence-electron chi connectivity index (χ3n) is 3.43. The van der Waals surface area contributed by atoms with Crippen molar-refractivity contribution < 1.29 is 4.79 Å². The number of nitrogens with zero attached hydrogens (tertiary/aromatic N) is 3. The molecule has 0 radical (unpaired) electrons. The normalized spacial score (nSPS) is 10.5. The maximum atomic E-state index is 11.4. The van der Waals surface area contributed by atoms with Gasteiger partial charge < -0.3 is 11.1 Å². The number of carbonyl (C=O) groups is 1. The van der Waals surface area contributed by atoms with Crippen molar-refractivity contribution in [3.8, 4) is 5.69 Å². The van der Waals surface area contributed by atoms with Gasteiger partial charge in [0.05, 0.1) is 29.8 Å². The molecule has 23 heavy (non-hydrogen) atoms. The summed E-state index contributed by atoms with van der Waals surface area (Å²) in [4.78, 5) is 15.7. The molecular weight excluding hydrogens is 290 g/mol. The minimum absolute atomic E-state index is 0.446. The van der Waals surface area contributed by atoms with Gasteiger partial charge in [-0.15, -0.1) is 0 Å². The van der Waals surface area contributed by atoms with Crippen LogP contribution in [0.3, 0.4) is 0 Å². The maximum absolute atomic E-state index is 11.4. The maximum Gasteiger partial charge on any atom is 0.248 e. The van der Waals surface area contributed by atoms with Crippen LogP contribution in [0, 0.1) is 6.92 Å². The van der Waals surface area contributed by atoms with E-state index in [1.165, 1.54) is 0 Å². The quantitative estimate of drug-likeness (QED) is 0.757. The van der Waals surface area contributed by atoms with E-state index in [1.807, 2.05) is 37.4 Å². The van der Waals surface area contributed by atoms with E-state index in [2.05, 4.69) is 15.4 Å².